The van der Waals surface area contributed by atoms with Crippen molar-refractivity contribution in [3.8, 4) is 0 Å². The van der Waals surface area contributed by atoms with E-state index in [0.29, 0.717) is 12.8 Å². The van der Waals surface area contributed by atoms with Gasteiger partial charge in [0.1, 0.15) is 73.2 Å². The molecule has 1 amide bonds. The van der Waals surface area contributed by atoms with Gasteiger partial charge in [-0.15, -0.1) is 0 Å². The van der Waals surface area contributed by atoms with E-state index in [2.05, 4.69) is 55.6 Å². The Morgan fingerprint density at radius 3 is 1.20 bits per heavy atom. The summed E-state index contributed by atoms with van der Waals surface area (Å²) in [4.78, 5) is 13.4. The number of nitrogens with one attached hydrogen (secondary N) is 1. The first-order chi connectivity index (χ1) is 43.8. The topological polar surface area (TPSA) is 307 Å². The van der Waals surface area contributed by atoms with Crippen LogP contribution in [0.3, 0.4) is 0 Å². The van der Waals surface area contributed by atoms with E-state index in [1.54, 1.807) is 6.08 Å². The normalized spacial score (nSPS) is 28.3. The second kappa shape index (κ2) is 53.0. The molecule has 17 unspecified atom stereocenters. The van der Waals surface area contributed by atoms with Crippen LogP contribution in [0.5, 0.6) is 0 Å². The van der Waals surface area contributed by atoms with E-state index in [4.69, 9.17) is 28.4 Å². The molecule has 17 atom stereocenters. The van der Waals surface area contributed by atoms with E-state index in [0.717, 1.165) is 77.0 Å². The number of carbonyl (C=O) groups excluding carboxylic acids is 1. The molecule has 0 aromatic rings. The Kier molecular flexibility index (Phi) is 48.2. The van der Waals surface area contributed by atoms with Crippen molar-refractivity contribution >= 4 is 5.91 Å². The van der Waals surface area contributed by atoms with Gasteiger partial charge in [0, 0.05) is 6.42 Å². The molecule has 19 heteroatoms. The summed E-state index contributed by atoms with van der Waals surface area (Å²) in [6.45, 7) is 1.70. The lowest BCUT2D eigenvalue weighted by atomic mass is 9.96. The molecule has 3 fully saturated rings. The molecule has 3 heterocycles. The van der Waals surface area contributed by atoms with Crippen LogP contribution >= 0.6 is 0 Å². The van der Waals surface area contributed by atoms with E-state index in [9.17, 15) is 61.0 Å². The number of aliphatic hydroxyl groups excluding tert-OH is 11. The molecule has 0 aliphatic carbocycles. The quantitative estimate of drug-likeness (QED) is 0.0199. The molecule has 19 nitrogen and oxygen atoms in total. The van der Waals surface area contributed by atoms with Gasteiger partial charge in [0.25, 0.3) is 0 Å². The van der Waals surface area contributed by atoms with Gasteiger partial charge in [-0.2, -0.15) is 0 Å². The second-order valence-corrected chi connectivity index (χ2v) is 25.7. The SMILES string of the molecule is CCCCC/C=C\C/C=C\CCCCCCCCCC(=O)NC(COC1OC(CO)C(OC2OC(CO)C(OC3OC(CO)C(O)C(O)C3O)C(O)C2O)C(O)C1O)C(O)/C=C/CC/C=C/CCCCCCCCCCCCCCCCCCCCCCCC. The fraction of sp³-hybridized carbons (Fsp3) is 0.873. The van der Waals surface area contributed by atoms with Gasteiger partial charge in [0.05, 0.1) is 38.6 Å². The monoisotopic (exact) mass is 1280 g/mol. The van der Waals surface area contributed by atoms with Crippen molar-refractivity contribution in [1.29, 1.82) is 0 Å². The van der Waals surface area contributed by atoms with Gasteiger partial charge in [0.2, 0.25) is 5.91 Å². The van der Waals surface area contributed by atoms with Crippen LogP contribution in [-0.2, 0) is 33.2 Å². The lowest BCUT2D eigenvalue weighted by molar-refractivity contribution is -0.379. The molecular weight excluding hydrogens is 1150 g/mol. The van der Waals surface area contributed by atoms with E-state index in [-0.39, 0.29) is 18.9 Å². The third kappa shape index (κ3) is 34.4. The van der Waals surface area contributed by atoms with Crippen LogP contribution in [0.15, 0.2) is 48.6 Å². The lowest BCUT2D eigenvalue weighted by Crippen LogP contribution is -2.66. The zero-order chi connectivity index (χ0) is 65.4. The number of amides is 1. The van der Waals surface area contributed by atoms with Crippen LogP contribution in [0.2, 0.25) is 0 Å². The van der Waals surface area contributed by atoms with Crippen molar-refractivity contribution in [2.45, 2.75) is 369 Å². The summed E-state index contributed by atoms with van der Waals surface area (Å²) >= 11 is 0. The molecule has 0 aromatic heterocycles. The minimum atomic E-state index is -1.98. The average Bonchev–Trinajstić information content (AvgIpc) is 0.847. The Morgan fingerprint density at radius 1 is 0.400 bits per heavy atom. The fourth-order valence-electron chi connectivity index (χ4n) is 12.0. The molecule has 3 rings (SSSR count). The molecule has 0 bridgehead atoms. The highest BCUT2D eigenvalue weighted by Crippen LogP contribution is 2.33. The zero-order valence-electron chi connectivity index (χ0n) is 55.6. The third-order valence-electron chi connectivity index (χ3n) is 17.8. The fourth-order valence-corrected chi connectivity index (χ4v) is 12.0. The number of carbonyl (C=O) groups is 1. The van der Waals surface area contributed by atoms with Crippen LogP contribution in [0, 0.1) is 0 Å². The number of hydrogen-bond donors (Lipinski definition) is 12. The highest BCUT2D eigenvalue weighted by molar-refractivity contribution is 5.76. The second-order valence-electron chi connectivity index (χ2n) is 25.7. The summed E-state index contributed by atoms with van der Waals surface area (Å²) in [5.74, 6) is -0.293. The molecule has 3 aliphatic rings. The molecule has 0 spiro atoms. The minimum Gasteiger partial charge on any atom is -0.394 e. The summed E-state index contributed by atoms with van der Waals surface area (Å²) in [6.07, 6.45) is 36.7. The molecule has 3 aliphatic heterocycles. The van der Waals surface area contributed by atoms with Crippen molar-refractivity contribution in [3.63, 3.8) is 0 Å². The Labute approximate surface area is 542 Å². The maximum atomic E-state index is 13.4. The first kappa shape index (κ1) is 82.0. The van der Waals surface area contributed by atoms with Crippen LogP contribution in [0.1, 0.15) is 264 Å². The van der Waals surface area contributed by atoms with Crippen LogP contribution in [0.25, 0.3) is 0 Å². The standard InChI is InChI=1S/C71H129NO18/c1-3-5-7-9-11-13-15-17-19-21-22-23-24-25-26-27-28-29-30-31-33-34-36-38-40-42-44-46-48-55(76)54(72-59(77)49-47-45-43-41-39-37-35-32-20-18-16-14-12-10-8-6-4-2)53-85-69-65(83)62(80)67(57(51-74)87-69)90-71-66(84)63(81)68(58(52-75)88-71)89-70-64(82)61(79)60(78)56(50-73)86-70/h12,14,18,20,38,40,46,48,54-58,60-71,73-76,78-84H,3-11,13,15-17,19,21-37,39,41-45,47,49-53H2,1-2H3,(H,72,77)/b14-12-,20-18-,40-38+,48-46+. The smallest absolute Gasteiger partial charge is 0.220 e. The lowest BCUT2D eigenvalue weighted by Gasteiger charge is -2.48. The number of unbranched alkanes of at least 4 members (excludes halogenated alkanes) is 33. The Bertz CT molecular complexity index is 1820. The number of allylic oxidation sites excluding steroid dienone is 7. The van der Waals surface area contributed by atoms with E-state index in [1.807, 2.05) is 6.08 Å². The molecular formula is C71H129NO18. The predicted molar refractivity (Wildman–Crippen MR) is 351 cm³/mol. The highest BCUT2D eigenvalue weighted by Gasteiger charge is 2.53. The molecule has 3 saturated heterocycles. The molecule has 0 aromatic carbocycles. The minimum absolute atomic E-state index is 0.226. The average molecular weight is 1280 g/mol. The highest BCUT2D eigenvalue weighted by atomic mass is 16.8. The molecule has 526 valence electrons. The van der Waals surface area contributed by atoms with Crippen molar-refractivity contribution in [2.75, 3.05) is 26.4 Å². The summed E-state index contributed by atoms with van der Waals surface area (Å²) in [7, 11) is 0. The Morgan fingerprint density at radius 2 is 0.744 bits per heavy atom. The van der Waals surface area contributed by atoms with Crippen molar-refractivity contribution in [1.82, 2.24) is 5.32 Å². The Hall–Kier alpha value is -2.25. The predicted octanol–water partition coefficient (Wildman–Crippen LogP) is 9.78. The van der Waals surface area contributed by atoms with Gasteiger partial charge in [-0.25, -0.2) is 0 Å². The molecule has 12 N–H and O–H groups in total. The van der Waals surface area contributed by atoms with Crippen LogP contribution in [0.4, 0.5) is 0 Å². The zero-order valence-corrected chi connectivity index (χ0v) is 55.6. The molecule has 90 heavy (non-hydrogen) atoms. The van der Waals surface area contributed by atoms with Gasteiger partial charge in [-0.05, 0) is 64.2 Å². The van der Waals surface area contributed by atoms with E-state index < -0.39 is 124 Å². The van der Waals surface area contributed by atoms with Gasteiger partial charge in [-0.3, -0.25) is 4.79 Å². The van der Waals surface area contributed by atoms with Gasteiger partial charge in [0.15, 0.2) is 18.9 Å². The maximum absolute atomic E-state index is 13.4. The van der Waals surface area contributed by atoms with Crippen molar-refractivity contribution in [2.24, 2.45) is 0 Å². The van der Waals surface area contributed by atoms with E-state index >= 15 is 0 Å². The third-order valence-corrected chi connectivity index (χ3v) is 17.8. The summed E-state index contributed by atoms with van der Waals surface area (Å²) < 4.78 is 34.3. The van der Waals surface area contributed by atoms with Crippen molar-refractivity contribution < 1.29 is 89.4 Å². The number of aliphatic hydroxyl groups is 11. The summed E-state index contributed by atoms with van der Waals surface area (Å²) in [5.41, 5.74) is 0. The summed E-state index contributed by atoms with van der Waals surface area (Å²) in [5, 5.41) is 121. The number of rotatable bonds is 55. The molecule has 0 saturated carbocycles. The largest absolute Gasteiger partial charge is 0.394 e. The van der Waals surface area contributed by atoms with Gasteiger partial charge in [-0.1, -0.05) is 242 Å². The number of ether oxygens (including phenoxy) is 6. The van der Waals surface area contributed by atoms with Crippen LogP contribution in [-0.4, -0.2) is 193 Å². The van der Waals surface area contributed by atoms with Crippen LogP contribution < -0.4 is 5.32 Å². The number of hydrogen-bond acceptors (Lipinski definition) is 18. The van der Waals surface area contributed by atoms with Gasteiger partial charge < -0.3 is 89.9 Å². The van der Waals surface area contributed by atoms with Crippen molar-refractivity contribution in [3.05, 3.63) is 48.6 Å². The first-order valence-electron chi connectivity index (χ1n) is 35.9. The van der Waals surface area contributed by atoms with Gasteiger partial charge >= 0.3 is 0 Å². The first-order valence-corrected chi connectivity index (χ1v) is 35.9. The maximum Gasteiger partial charge on any atom is 0.220 e. The Balaban J connectivity index is 1.43. The van der Waals surface area contributed by atoms with E-state index in [1.165, 1.54) is 154 Å². The summed E-state index contributed by atoms with van der Waals surface area (Å²) in [6, 6.07) is -0.996. The molecule has 0 radical (unpaired) electrons.